The third kappa shape index (κ3) is 3.15. The van der Waals surface area contributed by atoms with Crippen LogP contribution >= 0.6 is 0 Å². The second-order valence-electron chi connectivity index (χ2n) is 6.13. The van der Waals surface area contributed by atoms with Gasteiger partial charge in [-0.3, -0.25) is 0 Å². The Hall–Kier alpha value is -1.06. The van der Waals surface area contributed by atoms with Crippen LogP contribution in [0.15, 0.2) is 18.2 Å². The molecule has 1 saturated carbocycles. The molecule has 0 spiro atoms. The predicted octanol–water partition coefficient (Wildman–Crippen LogP) is 2.16. The first kappa shape index (κ1) is 13.9. The van der Waals surface area contributed by atoms with Gasteiger partial charge in [-0.05, 0) is 61.4 Å². The van der Waals surface area contributed by atoms with E-state index in [0.717, 1.165) is 38.3 Å². The van der Waals surface area contributed by atoms with E-state index in [2.05, 4.69) is 23.5 Å². The SMILES string of the molecule is OCC1CCCC1CNCCc1ccc2c(c1)CCO2. The molecule has 3 nitrogen and oxygen atoms in total. The number of benzene rings is 1. The fraction of sp³-hybridized carbons (Fsp3) is 0.647. The Bertz CT molecular complexity index is 447. The van der Waals surface area contributed by atoms with E-state index in [9.17, 15) is 5.11 Å². The van der Waals surface area contributed by atoms with Gasteiger partial charge >= 0.3 is 0 Å². The van der Waals surface area contributed by atoms with Crippen molar-refractivity contribution >= 4 is 0 Å². The molecule has 1 aliphatic carbocycles. The van der Waals surface area contributed by atoms with Crippen molar-refractivity contribution in [3.05, 3.63) is 29.3 Å². The lowest BCUT2D eigenvalue weighted by Gasteiger charge is -2.17. The normalized spacial score (nSPS) is 24.6. The summed E-state index contributed by atoms with van der Waals surface area (Å²) in [6.07, 6.45) is 5.88. The van der Waals surface area contributed by atoms with Crippen LogP contribution in [0, 0.1) is 11.8 Å². The van der Waals surface area contributed by atoms with Gasteiger partial charge in [0, 0.05) is 13.0 Å². The third-order valence-electron chi connectivity index (χ3n) is 4.80. The first-order valence-corrected chi connectivity index (χ1v) is 7.93. The van der Waals surface area contributed by atoms with Gasteiger partial charge in [-0.25, -0.2) is 0 Å². The van der Waals surface area contributed by atoms with Crippen molar-refractivity contribution in [2.24, 2.45) is 11.8 Å². The molecule has 0 radical (unpaired) electrons. The van der Waals surface area contributed by atoms with Crippen LogP contribution in [0.5, 0.6) is 5.75 Å². The molecule has 0 saturated heterocycles. The van der Waals surface area contributed by atoms with E-state index in [1.807, 2.05) is 0 Å². The monoisotopic (exact) mass is 275 g/mol. The molecule has 20 heavy (non-hydrogen) atoms. The minimum absolute atomic E-state index is 0.358. The first-order chi connectivity index (χ1) is 9.86. The molecule has 1 fully saturated rings. The summed E-state index contributed by atoms with van der Waals surface area (Å²) in [6, 6.07) is 6.57. The number of ether oxygens (including phenoxy) is 1. The maximum absolute atomic E-state index is 9.32. The van der Waals surface area contributed by atoms with Crippen LogP contribution < -0.4 is 10.1 Å². The van der Waals surface area contributed by atoms with E-state index < -0.39 is 0 Å². The highest BCUT2D eigenvalue weighted by Gasteiger charge is 2.25. The second kappa shape index (κ2) is 6.59. The lowest BCUT2D eigenvalue weighted by atomic mass is 9.97. The van der Waals surface area contributed by atoms with Gasteiger partial charge in [0.1, 0.15) is 5.75 Å². The summed E-state index contributed by atoms with van der Waals surface area (Å²) >= 11 is 0. The van der Waals surface area contributed by atoms with Crippen molar-refractivity contribution < 1.29 is 9.84 Å². The van der Waals surface area contributed by atoms with Crippen LogP contribution in [0.1, 0.15) is 30.4 Å². The number of nitrogens with one attached hydrogen (secondary N) is 1. The highest BCUT2D eigenvalue weighted by Crippen LogP contribution is 2.30. The van der Waals surface area contributed by atoms with E-state index in [-0.39, 0.29) is 0 Å². The van der Waals surface area contributed by atoms with Gasteiger partial charge in [0.2, 0.25) is 0 Å². The molecule has 0 amide bonds. The topological polar surface area (TPSA) is 41.5 Å². The Kier molecular flexibility index (Phi) is 4.58. The third-order valence-corrected chi connectivity index (χ3v) is 4.80. The smallest absolute Gasteiger partial charge is 0.122 e. The standard InChI is InChI=1S/C17H25NO2/c19-12-16-3-1-2-15(16)11-18-8-6-13-4-5-17-14(10-13)7-9-20-17/h4-5,10,15-16,18-19H,1-3,6-9,11-12H2. The van der Waals surface area contributed by atoms with Crippen molar-refractivity contribution in [1.29, 1.82) is 0 Å². The molecule has 3 rings (SSSR count). The first-order valence-electron chi connectivity index (χ1n) is 7.93. The van der Waals surface area contributed by atoms with Gasteiger partial charge in [0.15, 0.2) is 0 Å². The Morgan fingerprint density at radius 3 is 3.05 bits per heavy atom. The second-order valence-corrected chi connectivity index (χ2v) is 6.13. The van der Waals surface area contributed by atoms with Crippen molar-refractivity contribution in [1.82, 2.24) is 5.32 Å². The van der Waals surface area contributed by atoms with Crippen LogP contribution in [0.25, 0.3) is 0 Å². The summed E-state index contributed by atoms with van der Waals surface area (Å²) in [4.78, 5) is 0. The predicted molar refractivity (Wildman–Crippen MR) is 80.1 cm³/mol. The lowest BCUT2D eigenvalue weighted by molar-refractivity contribution is 0.192. The Morgan fingerprint density at radius 2 is 2.15 bits per heavy atom. The number of rotatable bonds is 6. The summed E-state index contributed by atoms with van der Waals surface area (Å²) in [5.41, 5.74) is 2.76. The zero-order valence-electron chi connectivity index (χ0n) is 12.1. The largest absolute Gasteiger partial charge is 0.493 e. The van der Waals surface area contributed by atoms with Crippen LogP contribution in [0.2, 0.25) is 0 Å². The van der Waals surface area contributed by atoms with Gasteiger partial charge in [-0.15, -0.1) is 0 Å². The number of aliphatic hydroxyl groups excluding tert-OH is 1. The molecule has 110 valence electrons. The van der Waals surface area contributed by atoms with Crippen molar-refractivity contribution in [2.45, 2.75) is 32.1 Å². The van der Waals surface area contributed by atoms with Crippen LogP contribution in [-0.4, -0.2) is 31.4 Å². The van der Waals surface area contributed by atoms with E-state index in [4.69, 9.17) is 4.74 Å². The fourth-order valence-electron chi connectivity index (χ4n) is 3.54. The number of hydrogen-bond donors (Lipinski definition) is 2. The minimum Gasteiger partial charge on any atom is -0.493 e. The van der Waals surface area contributed by atoms with Crippen molar-refractivity contribution in [3.8, 4) is 5.75 Å². The molecule has 1 aromatic rings. The highest BCUT2D eigenvalue weighted by molar-refractivity contribution is 5.39. The summed E-state index contributed by atoms with van der Waals surface area (Å²) in [5, 5.41) is 12.9. The molecule has 2 aliphatic rings. The van der Waals surface area contributed by atoms with Gasteiger partial charge < -0.3 is 15.2 Å². The zero-order valence-corrected chi connectivity index (χ0v) is 12.1. The van der Waals surface area contributed by atoms with E-state index in [0.29, 0.717) is 18.4 Å². The quantitative estimate of drug-likeness (QED) is 0.782. The molecule has 1 aliphatic heterocycles. The maximum Gasteiger partial charge on any atom is 0.122 e. The Labute approximate surface area is 121 Å². The molecular weight excluding hydrogens is 250 g/mol. The molecule has 1 aromatic carbocycles. The number of fused-ring (bicyclic) bond motifs is 1. The van der Waals surface area contributed by atoms with E-state index in [1.165, 1.54) is 30.4 Å². The molecule has 2 N–H and O–H groups in total. The summed E-state index contributed by atoms with van der Waals surface area (Å²) in [7, 11) is 0. The van der Waals surface area contributed by atoms with E-state index >= 15 is 0 Å². The van der Waals surface area contributed by atoms with Crippen molar-refractivity contribution in [3.63, 3.8) is 0 Å². The molecule has 2 atom stereocenters. The molecule has 0 aromatic heterocycles. The molecular formula is C17H25NO2. The highest BCUT2D eigenvalue weighted by atomic mass is 16.5. The van der Waals surface area contributed by atoms with Gasteiger partial charge in [0.25, 0.3) is 0 Å². The van der Waals surface area contributed by atoms with Gasteiger partial charge in [-0.1, -0.05) is 18.6 Å². The average Bonchev–Trinajstić information content (AvgIpc) is 3.11. The Balaban J connectivity index is 1.41. The Morgan fingerprint density at radius 1 is 1.25 bits per heavy atom. The summed E-state index contributed by atoms with van der Waals surface area (Å²) in [5.74, 6) is 2.27. The van der Waals surface area contributed by atoms with Crippen LogP contribution in [0.4, 0.5) is 0 Å². The zero-order chi connectivity index (χ0) is 13.8. The lowest BCUT2D eigenvalue weighted by Crippen LogP contribution is -2.28. The molecule has 1 heterocycles. The molecule has 3 heteroatoms. The average molecular weight is 275 g/mol. The molecule has 2 unspecified atom stereocenters. The summed E-state index contributed by atoms with van der Waals surface area (Å²) in [6.45, 7) is 3.27. The maximum atomic E-state index is 9.32. The summed E-state index contributed by atoms with van der Waals surface area (Å²) < 4.78 is 5.53. The minimum atomic E-state index is 0.358. The number of hydrogen-bond acceptors (Lipinski definition) is 3. The number of aliphatic hydroxyl groups is 1. The van der Waals surface area contributed by atoms with Gasteiger partial charge in [-0.2, -0.15) is 0 Å². The van der Waals surface area contributed by atoms with Crippen LogP contribution in [0.3, 0.4) is 0 Å². The molecule has 0 bridgehead atoms. The fourth-order valence-corrected chi connectivity index (χ4v) is 3.54. The van der Waals surface area contributed by atoms with Crippen molar-refractivity contribution in [2.75, 3.05) is 26.3 Å². The van der Waals surface area contributed by atoms with Gasteiger partial charge in [0.05, 0.1) is 6.61 Å². The van der Waals surface area contributed by atoms with Crippen LogP contribution in [-0.2, 0) is 12.8 Å². The van der Waals surface area contributed by atoms with E-state index in [1.54, 1.807) is 0 Å².